The Morgan fingerprint density at radius 3 is 2.44 bits per heavy atom. The van der Waals surface area contributed by atoms with Crippen molar-refractivity contribution >= 4 is 52.1 Å². The SMILES string of the molecule is CN1CCN(c2ccc(NC(=O)COc3ccc(Cl)cc3Cl)cc2Cl)CC1. The number of ether oxygens (including phenoxy) is 1. The topological polar surface area (TPSA) is 44.8 Å². The lowest BCUT2D eigenvalue weighted by Crippen LogP contribution is -2.44. The van der Waals surface area contributed by atoms with Crippen molar-refractivity contribution in [3.05, 3.63) is 51.5 Å². The number of benzene rings is 2. The summed E-state index contributed by atoms with van der Waals surface area (Å²) < 4.78 is 5.44. The predicted molar refractivity (Wildman–Crippen MR) is 112 cm³/mol. The average molecular weight is 429 g/mol. The number of carbonyl (C=O) groups excluding carboxylic acids is 1. The molecule has 0 saturated carbocycles. The minimum absolute atomic E-state index is 0.167. The molecule has 5 nitrogen and oxygen atoms in total. The Morgan fingerprint density at radius 2 is 1.78 bits per heavy atom. The highest BCUT2D eigenvalue weighted by Crippen LogP contribution is 2.30. The first-order chi connectivity index (χ1) is 12.9. The van der Waals surface area contributed by atoms with Crippen molar-refractivity contribution < 1.29 is 9.53 Å². The molecule has 27 heavy (non-hydrogen) atoms. The Balaban J connectivity index is 1.57. The van der Waals surface area contributed by atoms with Gasteiger partial charge in [-0.25, -0.2) is 0 Å². The summed E-state index contributed by atoms with van der Waals surface area (Å²) in [5, 5.41) is 4.25. The summed E-state index contributed by atoms with van der Waals surface area (Å²) in [6.45, 7) is 3.69. The molecule has 8 heteroatoms. The number of rotatable bonds is 5. The highest BCUT2D eigenvalue weighted by Gasteiger charge is 2.17. The number of piperazine rings is 1. The van der Waals surface area contributed by atoms with Gasteiger partial charge in [-0.1, -0.05) is 34.8 Å². The Morgan fingerprint density at radius 1 is 1.04 bits per heavy atom. The van der Waals surface area contributed by atoms with Crippen molar-refractivity contribution in [1.29, 1.82) is 0 Å². The second kappa shape index (κ2) is 9.02. The summed E-state index contributed by atoms with van der Waals surface area (Å²) in [7, 11) is 2.11. The number of nitrogens with zero attached hydrogens (tertiary/aromatic N) is 2. The molecular weight excluding hydrogens is 409 g/mol. The van der Waals surface area contributed by atoms with Crippen LogP contribution in [-0.4, -0.2) is 50.6 Å². The number of amides is 1. The molecule has 0 spiro atoms. The molecule has 1 fully saturated rings. The molecule has 1 aliphatic rings. The zero-order valence-corrected chi connectivity index (χ0v) is 17.1. The van der Waals surface area contributed by atoms with E-state index in [4.69, 9.17) is 39.5 Å². The minimum atomic E-state index is -0.301. The van der Waals surface area contributed by atoms with Crippen LogP contribution in [0.5, 0.6) is 5.75 Å². The van der Waals surface area contributed by atoms with E-state index >= 15 is 0 Å². The van der Waals surface area contributed by atoms with Crippen molar-refractivity contribution in [1.82, 2.24) is 4.90 Å². The smallest absolute Gasteiger partial charge is 0.262 e. The summed E-state index contributed by atoms with van der Waals surface area (Å²) in [6, 6.07) is 10.4. The van der Waals surface area contributed by atoms with Crippen molar-refractivity contribution in [3.63, 3.8) is 0 Å². The summed E-state index contributed by atoms with van der Waals surface area (Å²) >= 11 is 18.3. The molecule has 0 aliphatic carbocycles. The maximum Gasteiger partial charge on any atom is 0.262 e. The third-order valence-corrected chi connectivity index (χ3v) is 5.16. The average Bonchev–Trinajstić information content (AvgIpc) is 2.62. The van der Waals surface area contributed by atoms with E-state index in [1.807, 2.05) is 12.1 Å². The molecule has 1 N–H and O–H groups in total. The van der Waals surface area contributed by atoms with Gasteiger partial charge in [-0.15, -0.1) is 0 Å². The van der Waals surface area contributed by atoms with E-state index in [1.54, 1.807) is 24.3 Å². The molecule has 1 heterocycles. The van der Waals surface area contributed by atoms with E-state index in [-0.39, 0.29) is 12.5 Å². The fourth-order valence-corrected chi connectivity index (χ4v) is 3.58. The maximum absolute atomic E-state index is 12.1. The van der Waals surface area contributed by atoms with Gasteiger partial charge in [-0.05, 0) is 43.4 Å². The largest absolute Gasteiger partial charge is 0.482 e. The van der Waals surface area contributed by atoms with Gasteiger partial charge in [0, 0.05) is 36.9 Å². The van der Waals surface area contributed by atoms with Crippen LogP contribution < -0.4 is 15.0 Å². The summed E-state index contributed by atoms with van der Waals surface area (Å²) in [6.07, 6.45) is 0. The van der Waals surface area contributed by atoms with Crippen LogP contribution in [0.1, 0.15) is 0 Å². The van der Waals surface area contributed by atoms with Gasteiger partial charge in [0.25, 0.3) is 5.91 Å². The molecule has 0 bridgehead atoms. The van der Waals surface area contributed by atoms with Gasteiger partial charge in [0.15, 0.2) is 6.61 Å². The zero-order valence-electron chi connectivity index (χ0n) is 14.8. The normalized spacial score (nSPS) is 14.9. The van der Waals surface area contributed by atoms with Crippen molar-refractivity contribution in [2.45, 2.75) is 0 Å². The van der Waals surface area contributed by atoms with Gasteiger partial charge in [-0.2, -0.15) is 0 Å². The Labute approximate surface area is 173 Å². The third kappa shape index (κ3) is 5.42. The molecule has 144 valence electrons. The maximum atomic E-state index is 12.1. The lowest BCUT2D eigenvalue weighted by Gasteiger charge is -2.34. The minimum Gasteiger partial charge on any atom is -0.482 e. The second-order valence-corrected chi connectivity index (χ2v) is 7.62. The van der Waals surface area contributed by atoms with Crippen LogP contribution >= 0.6 is 34.8 Å². The molecule has 1 aliphatic heterocycles. The van der Waals surface area contributed by atoms with E-state index < -0.39 is 0 Å². The van der Waals surface area contributed by atoms with Crippen molar-refractivity contribution in [2.75, 3.05) is 50.1 Å². The van der Waals surface area contributed by atoms with Gasteiger partial charge < -0.3 is 19.9 Å². The molecular formula is C19H20Cl3N3O2. The standard InChI is InChI=1S/C19H20Cl3N3O2/c1-24-6-8-25(9-7-24)17-4-3-14(11-15(17)21)23-19(26)12-27-18-5-2-13(20)10-16(18)22/h2-5,10-11H,6-9,12H2,1H3,(H,23,26). The molecule has 0 unspecified atom stereocenters. The van der Waals surface area contributed by atoms with Crippen LogP contribution in [-0.2, 0) is 4.79 Å². The number of anilines is 2. The van der Waals surface area contributed by atoms with Gasteiger partial charge in [-0.3, -0.25) is 4.79 Å². The first-order valence-corrected chi connectivity index (χ1v) is 9.66. The lowest BCUT2D eigenvalue weighted by molar-refractivity contribution is -0.118. The lowest BCUT2D eigenvalue weighted by atomic mass is 10.2. The molecule has 1 amide bonds. The van der Waals surface area contributed by atoms with Crippen molar-refractivity contribution in [3.8, 4) is 5.75 Å². The van der Waals surface area contributed by atoms with Crippen LogP contribution in [0.2, 0.25) is 15.1 Å². The van der Waals surface area contributed by atoms with E-state index in [0.29, 0.717) is 26.5 Å². The predicted octanol–water partition coefficient (Wildman–Crippen LogP) is 4.42. The zero-order chi connectivity index (χ0) is 19.4. The molecule has 2 aromatic carbocycles. The van der Waals surface area contributed by atoms with Crippen LogP contribution in [0.4, 0.5) is 11.4 Å². The highest BCUT2D eigenvalue weighted by molar-refractivity contribution is 6.35. The second-order valence-electron chi connectivity index (χ2n) is 6.37. The fourth-order valence-electron chi connectivity index (χ4n) is 2.82. The molecule has 1 saturated heterocycles. The van der Waals surface area contributed by atoms with Crippen LogP contribution in [0, 0.1) is 0 Å². The van der Waals surface area contributed by atoms with E-state index in [2.05, 4.69) is 22.2 Å². The van der Waals surface area contributed by atoms with Gasteiger partial charge in [0.2, 0.25) is 0 Å². The number of likely N-dealkylation sites (N-methyl/N-ethyl adjacent to an activating group) is 1. The van der Waals surface area contributed by atoms with Crippen LogP contribution in [0.3, 0.4) is 0 Å². The Kier molecular flexibility index (Phi) is 6.71. The number of nitrogens with one attached hydrogen (secondary N) is 1. The van der Waals surface area contributed by atoms with E-state index in [9.17, 15) is 4.79 Å². The monoisotopic (exact) mass is 427 g/mol. The van der Waals surface area contributed by atoms with Crippen LogP contribution in [0.15, 0.2) is 36.4 Å². The summed E-state index contributed by atoms with van der Waals surface area (Å²) in [4.78, 5) is 16.7. The summed E-state index contributed by atoms with van der Waals surface area (Å²) in [5.41, 5.74) is 1.60. The number of hydrogen-bond acceptors (Lipinski definition) is 4. The van der Waals surface area contributed by atoms with E-state index in [1.165, 1.54) is 0 Å². The quantitative estimate of drug-likeness (QED) is 0.766. The first-order valence-electron chi connectivity index (χ1n) is 8.53. The molecule has 0 radical (unpaired) electrons. The fraction of sp³-hybridized carbons (Fsp3) is 0.316. The molecule has 3 rings (SSSR count). The van der Waals surface area contributed by atoms with Gasteiger partial charge >= 0.3 is 0 Å². The Hall–Kier alpha value is -1.66. The van der Waals surface area contributed by atoms with Gasteiger partial charge in [0.05, 0.1) is 15.7 Å². The molecule has 2 aromatic rings. The van der Waals surface area contributed by atoms with E-state index in [0.717, 1.165) is 31.9 Å². The number of halogens is 3. The Bertz CT molecular complexity index is 824. The molecule has 0 aromatic heterocycles. The van der Waals surface area contributed by atoms with Crippen LogP contribution in [0.25, 0.3) is 0 Å². The number of carbonyl (C=O) groups is 1. The number of hydrogen-bond donors (Lipinski definition) is 1. The highest BCUT2D eigenvalue weighted by atomic mass is 35.5. The first kappa shape index (κ1) is 20.1. The summed E-state index contributed by atoms with van der Waals surface area (Å²) in [5.74, 6) is 0.101. The third-order valence-electron chi connectivity index (χ3n) is 4.33. The molecule has 0 atom stereocenters. The van der Waals surface area contributed by atoms with Crippen molar-refractivity contribution in [2.24, 2.45) is 0 Å². The van der Waals surface area contributed by atoms with Gasteiger partial charge in [0.1, 0.15) is 5.75 Å².